The molecule has 2 nitrogen and oxygen atoms in total. The smallest absolute Gasteiger partial charge is 0.176 e. The second kappa shape index (κ2) is 6.70. The van der Waals surface area contributed by atoms with Gasteiger partial charge in [-0.3, -0.25) is 4.79 Å². The summed E-state index contributed by atoms with van der Waals surface area (Å²) in [5.74, 6) is 2.98. The fourth-order valence-electron chi connectivity index (χ4n) is 1.50. The number of thioether (sulfide) groups is 1. The highest BCUT2D eigenvalue weighted by atomic mass is 32.2. The lowest BCUT2D eigenvalue weighted by Gasteiger charge is -2.09. The van der Waals surface area contributed by atoms with E-state index in [0.29, 0.717) is 23.0 Å². The van der Waals surface area contributed by atoms with Crippen molar-refractivity contribution in [2.24, 2.45) is 5.92 Å². The van der Waals surface area contributed by atoms with Crippen molar-refractivity contribution in [3.63, 3.8) is 0 Å². The number of hydrogen-bond acceptors (Lipinski definition) is 3. The SMILES string of the molecule is COc1ccc(C)cc1C(=O)CSCC(C)C. The van der Waals surface area contributed by atoms with Crippen molar-refractivity contribution < 1.29 is 9.53 Å². The van der Waals surface area contributed by atoms with Crippen LogP contribution in [0.3, 0.4) is 0 Å². The van der Waals surface area contributed by atoms with Gasteiger partial charge in [-0.25, -0.2) is 0 Å². The first kappa shape index (κ1) is 14.1. The van der Waals surface area contributed by atoms with Crippen molar-refractivity contribution in [1.82, 2.24) is 0 Å². The Balaban J connectivity index is 2.70. The summed E-state index contributed by atoms with van der Waals surface area (Å²) in [6, 6.07) is 5.71. The van der Waals surface area contributed by atoms with Gasteiger partial charge < -0.3 is 4.74 Å². The van der Waals surface area contributed by atoms with Gasteiger partial charge in [-0.2, -0.15) is 11.8 Å². The average molecular weight is 252 g/mol. The number of ether oxygens (including phenoxy) is 1. The van der Waals surface area contributed by atoms with E-state index in [1.807, 2.05) is 25.1 Å². The third-order valence-corrected chi connectivity index (χ3v) is 3.71. The van der Waals surface area contributed by atoms with Crippen LogP contribution in [-0.2, 0) is 0 Å². The summed E-state index contributed by atoms with van der Waals surface area (Å²) >= 11 is 1.68. The van der Waals surface area contributed by atoms with Crippen LogP contribution in [0, 0.1) is 12.8 Å². The molecule has 0 aliphatic rings. The Morgan fingerprint density at radius 3 is 2.71 bits per heavy atom. The standard InChI is InChI=1S/C14H20O2S/c1-10(2)8-17-9-13(15)12-7-11(3)5-6-14(12)16-4/h5-7,10H,8-9H2,1-4H3. The Morgan fingerprint density at radius 2 is 2.12 bits per heavy atom. The van der Waals surface area contributed by atoms with Crippen LogP contribution in [0.25, 0.3) is 0 Å². The predicted molar refractivity (Wildman–Crippen MR) is 74.2 cm³/mol. The molecule has 1 aromatic carbocycles. The summed E-state index contributed by atoms with van der Waals surface area (Å²) in [5.41, 5.74) is 1.78. The lowest BCUT2D eigenvalue weighted by molar-refractivity contribution is 0.101. The summed E-state index contributed by atoms with van der Waals surface area (Å²) in [6.07, 6.45) is 0. The quantitative estimate of drug-likeness (QED) is 0.724. The van der Waals surface area contributed by atoms with Gasteiger partial charge in [0.1, 0.15) is 5.75 Å². The molecule has 0 amide bonds. The normalized spacial score (nSPS) is 10.6. The van der Waals surface area contributed by atoms with Gasteiger partial charge in [0.15, 0.2) is 5.78 Å². The molecule has 1 aromatic rings. The van der Waals surface area contributed by atoms with Crippen LogP contribution in [0.2, 0.25) is 0 Å². The molecule has 0 bridgehead atoms. The number of carbonyl (C=O) groups excluding carboxylic acids is 1. The zero-order valence-corrected chi connectivity index (χ0v) is 11.8. The van der Waals surface area contributed by atoms with Gasteiger partial charge in [-0.15, -0.1) is 0 Å². The number of aryl methyl sites for hydroxylation is 1. The molecule has 0 saturated heterocycles. The first-order valence-electron chi connectivity index (χ1n) is 5.80. The van der Waals surface area contributed by atoms with E-state index < -0.39 is 0 Å². The van der Waals surface area contributed by atoms with Gasteiger partial charge in [0.25, 0.3) is 0 Å². The Morgan fingerprint density at radius 1 is 1.41 bits per heavy atom. The zero-order valence-electron chi connectivity index (χ0n) is 10.9. The van der Waals surface area contributed by atoms with E-state index in [-0.39, 0.29) is 5.78 Å². The van der Waals surface area contributed by atoms with Gasteiger partial charge in [-0.1, -0.05) is 25.5 Å². The zero-order chi connectivity index (χ0) is 12.8. The fraction of sp³-hybridized carbons (Fsp3) is 0.500. The van der Waals surface area contributed by atoms with E-state index >= 15 is 0 Å². The number of methoxy groups -OCH3 is 1. The Hall–Kier alpha value is -0.960. The lowest BCUT2D eigenvalue weighted by atomic mass is 10.1. The van der Waals surface area contributed by atoms with Crippen molar-refractivity contribution in [3.8, 4) is 5.75 Å². The maximum atomic E-state index is 12.1. The fourth-order valence-corrected chi connectivity index (χ4v) is 2.43. The Bertz CT molecular complexity index is 386. The molecular formula is C14H20O2S. The summed E-state index contributed by atoms with van der Waals surface area (Å²) < 4.78 is 5.22. The van der Waals surface area contributed by atoms with Crippen LogP contribution in [0.1, 0.15) is 29.8 Å². The first-order valence-corrected chi connectivity index (χ1v) is 6.95. The minimum Gasteiger partial charge on any atom is -0.496 e. The van der Waals surface area contributed by atoms with Gasteiger partial charge in [0.2, 0.25) is 0 Å². The van der Waals surface area contributed by atoms with Crippen LogP contribution >= 0.6 is 11.8 Å². The molecule has 1 rings (SSSR count). The second-order valence-corrected chi connectivity index (χ2v) is 5.57. The molecule has 0 spiro atoms. The first-order chi connectivity index (χ1) is 8.04. The van der Waals surface area contributed by atoms with E-state index in [2.05, 4.69) is 13.8 Å². The largest absolute Gasteiger partial charge is 0.496 e. The molecule has 17 heavy (non-hydrogen) atoms. The Kier molecular flexibility index (Phi) is 5.56. The monoisotopic (exact) mass is 252 g/mol. The summed E-state index contributed by atoms with van der Waals surface area (Å²) in [5, 5.41) is 0. The van der Waals surface area contributed by atoms with Gasteiger partial charge in [-0.05, 0) is 30.7 Å². The highest BCUT2D eigenvalue weighted by Crippen LogP contribution is 2.22. The molecule has 0 heterocycles. The number of rotatable bonds is 6. The van der Waals surface area contributed by atoms with Crippen molar-refractivity contribution >= 4 is 17.5 Å². The molecule has 0 unspecified atom stereocenters. The predicted octanol–water partition coefficient (Wildman–Crippen LogP) is 3.58. The molecule has 0 atom stereocenters. The van der Waals surface area contributed by atoms with E-state index in [4.69, 9.17) is 4.74 Å². The van der Waals surface area contributed by atoms with Gasteiger partial charge in [0.05, 0.1) is 18.4 Å². The third-order valence-electron chi connectivity index (χ3n) is 2.34. The number of carbonyl (C=O) groups is 1. The number of ketones is 1. The topological polar surface area (TPSA) is 26.3 Å². The molecule has 0 N–H and O–H groups in total. The molecule has 94 valence electrons. The molecule has 0 fully saturated rings. The average Bonchev–Trinajstić information content (AvgIpc) is 2.28. The van der Waals surface area contributed by atoms with Crippen molar-refractivity contribution in [3.05, 3.63) is 29.3 Å². The molecule has 3 heteroatoms. The number of benzene rings is 1. The van der Waals surface area contributed by atoms with Crippen molar-refractivity contribution in [2.75, 3.05) is 18.6 Å². The maximum absolute atomic E-state index is 12.1. The number of hydrogen-bond donors (Lipinski definition) is 0. The third kappa shape index (κ3) is 4.43. The molecule has 0 aliphatic heterocycles. The lowest BCUT2D eigenvalue weighted by Crippen LogP contribution is -2.07. The van der Waals surface area contributed by atoms with E-state index in [0.717, 1.165) is 11.3 Å². The molecule has 0 aromatic heterocycles. The number of Topliss-reactive ketones (excluding diaryl/α,β-unsaturated/α-hetero) is 1. The van der Waals surface area contributed by atoms with Crippen molar-refractivity contribution in [2.45, 2.75) is 20.8 Å². The molecule has 0 saturated carbocycles. The summed E-state index contributed by atoms with van der Waals surface area (Å²) in [6.45, 7) is 6.30. The summed E-state index contributed by atoms with van der Waals surface area (Å²) in [7, 11) is 1.60. The summed E-state index contributed by atoms with van der Waals surface area (Å²) in [4.78, 5) is 12.1. The highest BCUT2D eigenvalue weighted by molar-refractivity contribution is 7.99. The van der Waals surface area contributed by atoms with Crippen LogP contribution in [0.4, 0.5) is 0 Å². The van der Waals surface area contributed by atoms with E-state index in [1.54, 1.807) is 18.9 Å². The highest BCUT2D eigenvalue weighted by Gasteiger charge is 2.12. The van der Waals surface area contributed by atoms with E-state index in [9.17, 15) is 4.79 Å². The van der Waals surface area contributed by atoms with Gasteiger partial charge in [0, 0.05) is 0 Å². The minimum atomic E-state index is 0.149. The van der Waals surface area contributed by atoms with Crippen LogP contribution < -0.4 is 4.74 Å². The van der Waals surface area contributed by atoms with Crippen LogP contribution in [0.15, 0.2) is 18.2 Å². The van der Waals surface area contributed by atoms with Crippen LogP contribution in [0.5, 0.6) is 5.75 Å². The molecule has 0 radical (unpaired) electrons. The Labute approximate surface area is 108 Å². The van der Waals surface area contributed by atoms with Crippen LogP contribution in [-0.4, -0.2) is 24.4 Å². The second-order valence-electron chi connectivity index (χ2n) is 4.54. The minimum absolute atomic E-state index is 0.149. The molecular weight excluding hydrogens is 232 g/mol. The van der Waals surface area contributed by atoms with E-state index in [1.165, 1.54) is 0 Å². The van der Waals surface area contributed by atoms with Crippen molar-refractivity contribution in [1.29, 1.82) is 0 Å². The maximum Gasteiger partial charge on any atom is 0.176 e. The van der Waals surface area contributed by atoms with Gasteiger partial charge >= 0.3 is 0 Å². The molecule has 0 aliphatic carbocycles.